The Labute approximate surface area is 116 Å². The van der Waals surface area contributed by atoms with E-state index in [1.165, 1.54) is 0 Å². The van der Waals surface area contributed by atoms with Crippen LogP contribution >= 0.6 is 0 Å². The summed E-state index contributed by atoms with van der Waals surface area (Å²) < 4.78 is 0. The van der Waals surface area contributed by atoms with E-state index in [0.717, 1.165) is 35.0 Å². The lowest BCUT2D eigenvalue weighted by Crippen LogP contribution is -2.05. The van der Waals surface area contributed by atoms with Crippen LogP contribution in [0, 0.1) is 0 Å². The second-order valence-corrected chi connectivity index (χ2v) is 4.63. The minimum Gasteiger partial charge on any atom is -0.383 e. The van der Waals surface area contributed by atoms with Crippen molar-refractivity contribution in [2.45, 2.75) is 12.8 Å². The lowest BCUT2D eigenvalue weighted by Gasteiger charge is -2.05. The highest BCUT2D eigenvalue weighted by Crippen LogP contribution is 2.15. The Morgan fingerprint density at radius 1 is 0.900 bits per heavy atom. The van der Waals surface area contributed by atoms with Gasteiger partial charge in [0.2, 0.25) is 5.95 Å². The van der Waals surface area contributed by atoms with Crippen LogP contribution in [0.2, 0.25) is 0 Å². The van der Waals surface area contributed by atoms with E-state index in [9.17, 15) is 0 Å². The van der Waals surface area contributed by atoms with E-state index in [-0.39, 0.29) is 5.95 Å². The molecule has 0 atom stereocenters. The summed E-state index contributed by atoms with van der Waals surface area (Å²) in [5.74, 6) is 0.647. The van der Waals surface area contributed by atoms with E-state index < -0.39 is 0 Å². The molecule has 5 nitrogen and oxygen atoms in total. The second kappa shape index (κ2) is 5.13. The Bertz CT molecular complexity index is 754. The van der Waals surface area contributed by atoms with Crippen LogP contribution in [0.5, 0.6) is 0 Å². The molecular weight excluding hydrogens is 250 g/mol. The fourth-order valence-electron chi connectivity index (χ4n) is 2.14. The number of aryl methyl sites for hydroxylation is 2. The third kappa shape index (κ3) is 2.51. The number of nitrogens with zero attached hydrogens (tertiary/aromatic N) is 3. The molecule has 0 saturated heterocycles. The van der Waals surface area contributed by atoms with E-state index in [1.807, 2.05) is 24.3 Å². The molecule has 3 aromatic rings. The lowest BCUT2D eigenvalue weighted by molar-refractivity contribution is 0.909. The van der Waals surface area contributed by atoms with E-state index in [2.05, 4.69) is 27.1 Å². The van der Waals surface area contributed by atoms with Gasteiger partial charge in [0, 0.05) is 22.8 Å². The van der Waals surface area contributed by atoms with Gasteiger partial charge in [0.25, 0.3) is 0 Å². The van der Waals surface area contributed by atoms with Gasteiger partial charge in [0.1, 0.15) is 5.82 Å². The molecule has 1 aromatic carbocycles. The van der Waals surface area contributed by atoms with Crippen molar-refractivity contribution in [1.82, 2.24) is 15.0 Å². The van der Waals surface area contributed by atoms with Crippen molar-refractivity contribution in [1.29, 1.82) is 0 Å². The number of hydrogen-bond acceptors (Lipinski definition) is 5. The maximum absolute atomic E-state index is 5.82. The van der Waals surface area contributed by atoms with Crippen LogP contribution in [-0.2, 0) is 12.8 Å². The summed E-state index contributed by atoms with van der Waals surface area (Å²) in [5, 5.41) is 1.14. The molecule has 0 radical (unpaired) electrons. The van der Waals surface area contributed by atoms with Crippen molar-refractivity contribution < 1.29 is 0 Å². The molecule has 3 rings (SSSR count). The van der Waals surface area contributed by atoms with Crippen molar-refractivity contribution in [3.8, 4) is 0 Å². The van der Waals surface area contributed by atoms with Gasteiger partial charge >= 0.3 is 0 Å². The first-order valence-electron chi connectivity index (χ1n) is 6.44. The number of nitrogen functional groups attached to an aromatic ring is 2. The van der Waals surface area contributed by atoms with Gasteiger partial charge in [-0.25, -0.2) is 4.98 Å². The highest BCUT2D eigenvalue weighted by Gasteiger charge is 2.04. The molecule has 2 aromatic heterocycles. The van der Waals surface area contributed by atoms with Gasteiger partial charge in [-0.05, 0) is 25.0 Å². The minimum absolute atomic E-state index is 0.204. The van der Waals surface area contributed by atoms with Gasteiger partial charge < -0.3 is 11.5 Å². The van der Waals surface area contributed by atoms with Gasteiger partial charge in [-0.1, -0.05) is 24.3 Å². The van der Waals surface area contributed by atoms with Gasteiger partial charge in [-0.3, -0.25) is 4.98 Å². The van der Waals surface area contributed by atoms with Crippen molar-refractivity contribution in [2.75, 3.05) is 11.5 Å². The Hall–Kier alpha value is -2.69. The minimum atomic E-state index is 0.204. The maximum Gasteiger partial charge on any atom is 0.221 e. The van der Waals surface area contributed by atoms with E-state index in [4.69, 9.17) is 11.5 Å². The molecule has 0 spiro atoms. The Kier molecular flexibility index (Phi) is 3.16. The Balaban J connectivity index is 1.79. The van der Waals surface area contributed by atoms with Crippen molar-refractivity contribution in [3.05, 3.63) is 53.9 Å². The summed E-state index contributed by atoms with van der Waals surface area (Å²) in [5.41, 5.74) is 14.2. The number of anilines is 2. The summed E-state index contributed by atoms with van der Waals surface area (Å²) in [7, 11) is 0. The molecule has 5 heteroatoms. The normalized spacial score (nSPS) is 10.8. The zero-order valence-electron chi connectivity index (χ0n) is 11.0. The number of rotatable bonds is 3. The molecule has 0 unspecified atom stereocenters. The van der Waals surface area contributed by atoms with Crippen LogP contribution in [0.15, 0.2) is 42.6 Å². The Morgan fingerprint density at radius 2 is 1.75 bits per heavy atom. The first-order valence-corrected chi connectivity index (χ1v) is 6.44. The van der Waals surface area contributed by atoms with Crippen LogP contribution in [0.4, 0.5) is 11.8 Å². The van der Waals surface area contributed by atoms with E-state index in [1.54, 1.807) is 6.20 Å². The molecule has 20 heavy (non-hydrogen) atoms. The van der Waals surface area contributed by atoms with E-state index in [0.29, 0.717) is 5.82 Å². The quantitative estimate of drug-likeness (QED) is 0.755. The predicted molar refractivity (Wildman–Crippen MR) is 80.0 cm³/mol. The number of pyridine rings is 1. The molecule has 100 valence electrons. The van der Waals surface area contributed by atoms with Gasteiger partial charge in [-0.2, -0.15) is 4.98 Å². The summed E-state index contributed by atoms with van der Waals surface area (Å²) in [4.78, 5) is 12.6. The third-order valence-corrected chi connectivity index (χ3v) is 3.22. The largest absolute Gasteiger partial charge is 0.383 e. The predicted octanol–water partition coefficient (Wildman–Crippen LogP) is 1.97. The molecule has 0 aliphatic rings. The smallest absolute Gasteiger partial charge is 0.221 e. The third-order valence-electron chi connectivity index (χ3n) is 3.22. The van der Waals surface area contributed by atoms with Gasteiger partial charge in [0.05, 0.1) is 5.52 Å². The number of hydrogen-bond donors (Lipinski definition) is 2. The fraction of sp³-hybridized carbons (Fsp3) is 0.133. The van der Waals surface area contributed by atoms with Crippen molar-refractivity contribution in [2.24, 2.45) is 0 Å². The van der Waals surface area contributed by atoms with Gasteiger partial charge in [0.15, 0.2) is 0 Å². The average molecular weight is 265 g/mol. The highest BCUT2D eigenvalue weighted by atomic mass is 15.0. The maximum atomic E-state index is 5.82. The van der Waals surface area contributed by atoms with Gasteiger partial charge in [-0.15, -0.1) is 0 Å². The summed E-state index contributed by atoms with van der Waals surface area (Å²) >= 11 is 0. The molecule has 0 amide bonds. The SMILES string of the molecule is Nc1ncc(CCc2ccc3ccccc3n2)c(N)n1. The molecular formula is C15H15N5. The summed E-state index contributed by atoms with van der Waals surface area (Å²) in [6, 6.07) is 12.2. The number of nitrogens with two attached hydrogens (primary N) is 2. The van der Waals surface area contributed by atoms with Crippen molar-refractivity contribution >= 4 is 22.7 Å². The van der Waals surface area contributed by atoms with Crippen LogP contribution in [0.3, 0.4) is 0 Å². The highest BCUT2D eigenvalue weighted by molar-refractivity contribution is 5.78. The van der Waals surface area contributed by atoms with E-state index >= 15 is 0 Å². The van der Waals surface area contributed by atoms with Crippen LogP contribution < -0.4 is 11.5 Å². The summed E-state index contributed by atoms with van der Waals surface area (Å²) in [6.45, 7) is 0. The Morgan fingerprint density at radius 3 is 2.60 bits per heavy atom. The molecule has 0 saturated carbocycles. The second-order valence-electron chi connectivity index (χ2n) is 4.63. The number of fused-ring (bicyclic) bond motifs is 1. The lowest BCUT2D eigenvalue weighted by atomic mass is 10.1. The van der Waals surface area contributed by atoms with Crippen LogP contribution in [-0.4, -0.2) is 15.0 Å². The number of para-hydroxylation sites is 1. The molecule has 0 aliphatic heterocycles. The fourth-order valence-corrected chi connectivity index (χ4v) is 2.14. The molecule has 0 aliphatic carbocycles. The topological polar surface area (TPSA) is 90.7 Å². The van der Waals surface area contributed by atoms with Crippen LogP contribution in [0.1, 0.15) is 11.3 Å². The molecule has 4 N–H and O–H groups in total. The zero-order chi connectivity index (χ0) is 13.9. The zero-order valence-corrected chi connectivity index (χ0v) is 11.0. The molecule has 2 heterocycles. The summed E-state index contributed by atoms with van der Waals surface area (Å²) in [6.07, 6.45) is 3.22. The molecule has 0 bridgehead atoms. The monoisotopic (exact) mass is 265 g/mol. The standard InChI is InChI=1S/C15H15N5/c16-14-11(9-18-15(17)20-14)6-8-12-7-5-10-3-1-2-4-13(10)19-12/h1-5,7,9H,6,8H2,(H4,16,17,18,20). The first kappa shape index (κ1) is 12.3. The van der Waals surface area contributed by atoms with Crippen molar-refractivity contribution in [3.63, 3.8) is 0 Å². The average Bonchev–Trinajstić information content (AvgIpc) is 2.46. The number of aromatic nitrogens is 3. The number of benzene rings is 1. The molecule has 0 fully saturated rings. The van der Waals surface area contributed by atoms with Crippen LogP contribution in [0.25, 0.3) is 10.9 Å². The first-order chi connectivity index (χ1) is 9.72.